The van der Waals surface area contributed by atoms with Gasteiger partial charge in [0.15, 0.2) is 0 Å². The van der Waals surface area contributed by atoms with Crippen molar-refractivity contribution in [1.29, 1.82) is 0 Å². The lowest BCUT2D eigenvalue weighted by atomic mass is 10.2. The van der Waals surface area contributed by atoms with Gasteiger partial charge in [-0.25, -0.2) is 0 Å². The third-order valence-corrected chi connectivity index (χ3v) is 2.78. The van der Waals surface area contributed by atoms with Crippen LogP contribution in [0.15, 0.2) is 24.3 Å². The highest BCUT2D eigenvalue weighted by Crippen LogP contribution is 2.13. The molecular weight excluding hydrogens is 242 g/mol. The Hall–Kier alpha value is -1.10. The van der Waals surface area contributed by atoms with Crippen LogP contribution in [0.3, 0.4) is 0 Å². The first kappa shape index (κ1) is 16.0. The molecular formula is C15H25NO3. The smallest absolute Gasteiger partial charge is 0.119 e. The molecule has 0 spiro atoms. The van der Waals surface area contributed by atoms with Gasteiger partial charge in [-0.3, -0.25) is 0 Å². The average molecular weight is 267 g/mol. The molecule has 0 aliphatic rings. The topological polar surface area (TPSA) is 39.7 Å². The second-order valence-electron chi connectivity index (χ2n) is 4.35. The predicted molar refractivity (Wildman–Crippen MR) is 76.6 cm³/mol. The van der Waals surface area contributed by atoms with Gasteiger partial charge in [-0.15, -0.1) is 0 Å². The maximum absolute atomic E-state index is 5.64. The van der Waals surface area contributed by atoms with Crippen LogP contribution < -0.4 is 10.1 Å². The fraction of sp³-hybridized carbons (Fsp3) is 0.600. The molecule has 0 radical (unpaired) electrons. The van der Waals surface area contributed by atoms with Crippen molar-refractivity contribution in [3.8, 4) is 5.75 Å². The number of nitrogens with one attached hydrogen (secondary N) is 1. The highest BCUT2D eigenvalue weighted by atomic mass is 16.5. The van der Waals surface area contributed by atoms with Crippen molar-refractivity contribution >= 4 is 0 Å². The van der Waals surface area contributed by atoms with E-state index in [9.17, 15) is 0 Å². The van der Waals surface area contributed by atoms with Crippen LogP contribution in [0.2, 0.25) is 0 Å². The number of methoxy groups -OCH3 is 2. The van der Waals surface area contributed by atoms with Gasteiger partial charge in [0.05, 0.1) is 20.3 Å². The summed E-state index contributed by atoms with van der Waals surface area (Å²) in [7, 11) is 3.39. The standard InChI is InChI=1S/C15H25NO3/c1-17-11-9-16-8-3-4-10-19-13-14-6-5-7-15(12-14)18-2/h5-7,12,16H,3-4,8-11,13H2,1-2H3. The van der Waals surface area contributed by atoms with Gasteiger partial charge in [0.25, 0.3) is 0 Å². The van der Waals surface area contributed by atoms with Crippen molar-refractivity contribution in [2.45, 2.75) is 19.4 Å². The number of rotatable bonds is 11. The van der Waals surface area contributed by atoms with Gasteiger partial charge in [0.2, 0.25) is 0 Å². The third kappa shape index (κ3) is 7.82. The number of benzene rings is 1. The molecule has 0 unspecified atom stereocenters. The SMILES string of the molecule is COCCNCCCCOCc1cccc(OC)c1. The quantitative estimate of drug-likeness (QED) is 0.624. The molecule has 0 aliphatic carbocycles. The van der Waals surface area contributed by atoms with Crippen LogP contribution in [0.5, 0.6) is 5.75 Å². The van der Waals surface area contributed by atoms with Gasteiger partial charge in [-0.05, 0) is 37.1 Å². The van der Waals surface area contributed by atoms with E-state index in [0.29, 0.717) is 6.61 Å². The summed E-state index contributed by atoms with van der Waals surface area (Å²) in [6, 6.07) is 7.98. The van der Waals surface area contributed by atoms with Crippen LogP contribution >= 0.6 is 0 Å². The van der Waals surface area contributed by atoms with E-state index in [1.165, 1.54) is 0 Å². The minimum absolute atomic E-state index is 0.647. The fourth-order valence-electron chi connectivity index (χ4n) is 1.71. The summed E-state index contributed by atoms with van der Waals surface area (Å²) in [6.45, 7) is 4.15. The van der Waals surface area contributed by atoms with Crippen molar-refractivity contribution in [2.75, 3.05) is 40.5 Å². The third-order valence-electron chi connectivity index (χ3n) is 2.78. The Bertz CT molecular complexity index is 331. The van der Waals surface area contributed by atoms with Gasteiger partial charge in [0, 0.05) is 20.3 Å². The van der Waals surface area contributed by atoms with Gasteiger partial charge in [0.1, 0.15) is 5.75 Å². The van der Waals surface area contributed by atoms with Gasteiger partial charge >= 0.3 is 0 Å². The summed E-state index contributed by atoms with van der Waals surface area (Å²) in [5.74, 6) is 0.878. The number of hydrogen-bond acceptors (Lipinski definition) is 4. The first-order valence-electron chi connectivity index (χ1n) is 6.77. The normalized spacial score (nSPS) is 10.6. The van der Waals surface area contributed by atoms with Crippen LogP contribution in [-0.2, 0) is 16.1 Å². The second kappa shape index (κ2) is 10.8. The Morgan fingerprint density at radius 1 is 1.05 bits per heavy atom. The number of hydrogen-bond donors (Lipinski definition) is 1. The van der Waals surface area contributed by atoms with Crippen molar-refractivity contribution in [2.24, 2.45) is 0 Å². The monoisotopic (exact) mass is 267 g/mol. The molecule has 0 amide bonds. The van der Waals surface area contributed by atoms with E-state index in [1.807, 2.05) is 18.2 Å². The Labute approximate surface area is 116 Å². The minimum Gasteiger partial charge on any atom is -0.497 e. The highest BCUT2D eigenvalue weighted by Gasteiger charge is 1.96. The Morgan fingerprint density at radius 2 is 1.95 bits per heavy atom. The average Bonchev–Trinajstić information content (AvgIpc) is 2.46. The lowest BCUT2D eigenvalue weighted by Gasteiger charge is -2.07. The van der Waals surface area contributed by atoms with Crippen molar-refractivity contribution in [3.63, 3.8) is 0 Å². The highest BCUT2D eigenvalue weighted by molar-refractivity contribution is 5.27. The lowest BCUT2D eigenvalue weighted by molar-refractivity contribution is 0.117. The Kier molecular flexibility index (Phi) is 9.06. The maximum atomic E-state index is 5.64. The molecule has 0 saturated heterocycles. The largest absolute Gasteiger partial charge is 0.497 e. The summed E-state index contributed by atoms with van der Waals surface area (Å²) in [4.78, 5) is 0. The molecule has 0 aromatic heterocycles. The van der Waals surface area contributed by atoms with Crippen molar-refractivity contribution in [3.05, 3.63) is 29.8 Å². The summed E-state index contributed by atoms with van der Waals surface area (Å²) < 4.78 is 15.8. The zero-order valence-corrected chi connectivity index (χ0v) is 12.0. The molecule has 19 heavy (non-hydrogen) atoms. The molecule has 4 heteroatoms. The summed E-state index contributed by atoms with van der Waals surface area (Å²) in [5.41, 5.74) is 1.15. The van der Waals surface area contributed by atoms with Gasteiger partial charge in [-0.1, -0.05) is 12.1 Å². The lowest BCUT2D eigenvalue weighted by Crippen LogP contribution is -2.20. The molecule has 108 valence electrons. The zero-order chi connectivity index (χ0) is 13.8. The van der Waals surface area contributed by atoms with Gasteiger partial charge in [-0.2, -0.15) is 0 Å². The number of ether oxygens (including phenoxy) is 3. The van der Waals surface area contributed by atoms with Crippen LogP contribution in [0, 0.1) is 0 Å². The molecule has 0 saturated carbocycles. The molecule has 0 aliphatic heterocycles. The molecule has 0 heterocycles. The summed E-state index contributed by atoms with van der Waals surface area (Å²) >= 11 is 0. The predicted octanol–water partition coefficient (Wildman–Crippen LogP) is 2.23. The van der Waals surface area contributed by atoms with E-state index in [4.69, 9.17) is 14.2 Å². The molecule has 0 fully saturated rings. The van der Waals surface area contributed by atoms with E-state index in [-0.39, 0.29) is 0 Å². The maximum Gasteiger partial charge on any atom is 0.119 e. The zero-order valence-electron chi connectivity index (χ0n) is 12.0. The van der Waals surface area contributed by atoms with E-state index in [2.05, 4.69) is 11.4 Å². The first-order chi connectivity index (χ1) is 9.36. The van der Waals surface area contributed by atoms with Gasteiger partial charge < -0.3 is 19.5 Å². The molecule has 0 atom stereocenters. The minimum atomic E-state index is 0.647. The van der Waals surface area contributed by atoms with E-state index in [1.54, 1.807) is 14.2 Å². The molecule has 1 N–H and O–H groups in total. The van der Waals surface area contributed by atoms with Crippen LogP contribution in [-0.4, -0.2) is 40.5 Å². The van der Waals surface area contributed by atoms with Crippen LogP contribution in [0.25, 0.3) is 0 Å². The van der Waals surface area contributed by atoms with E-state index < -0.39 is 0 Å². The first-order valence-corrected chi connectivity index (χ1v) is 6.77. The van der Waals surface area contributed by atoms with Crippen LogP contribution in [0.4, 0.5) is 0 Å². The van der Waals surface area contributed by atoms with Crippen molar-refractivity contribution < 1.29 is 14.2 Å². The molecule has 0 bridgehead atoms. The molecule has 1 aromatic rings. The van der Waals surface area contributed by atoms with E-state index in [0.717, 1.165) is 50.5 Å². The van der Waals surface area contributed by atoms with E-state index >= 15 is 0 Å². The summed E-state index contributed by atoms with van der Waals surface area (Å²) in [6.07, 6.45) is 2.20. The Balaban J connectivity index is 1.98. The van der Waals surface area contributed by atoms with Crippen molar-refractivity contribution in [1.82, 2.24) is 5.32 Å². The molecule has 4 nitrogen and oxygen atoms in total. The second-order valence-corrected chi connectivity index (χ2v) is 4.35. The molecule has 1 rings (SSSR count). The summed E-state index contributed by atoms with van der Waals surface area (Å²) in [5, 5.41) is 3.31. The Morgan fingerprint density at radius 3 is 2.74 bits per heavy atom. The number of unbranched alkanes of at least 4 members (excludes halogenated alkanes) is 1. The van der Waals surface area contributed by atoms with Crippen LogP contribution in [0.1, 0.15) is 18.4 Å². The molecule has 1 aromatic carbocycles. The fourth-order valence-corrected chi connectivity index (χ4v) is 1.71.